The van der Waals surface area contributed by atoms with Crippen LogP contribution in [0.5, 0.6) is 0 Å². The van der Waals surface area contributed by atoms with Crippen molar-refractivity contribution in [1.82, 2.24) is 5.32 Å². The van der Waals surface area contributed by atoms with Crippen LogP contribution < -0.4 is 11.1 Å². The highest BCUT2D eigenvalue weighted by Gasteiger charge is 2.18. The summed E-state index contributed by atoms with van der Waals surface area (Å²) in [6.45, 7) is 4.01. The molecule has 1 aromatic heterocycles. The second kappa shape index (κ2) is 5.98. The molecule has 0 spiro atoms. The predicted molar refractivity (Wildman–Crippen MR) is 86.0 cm³/mol. The Hall–Kier alpha value is -1.99. The number of hydrogen-bond acceptors (Lipinski definition) is 3. The number of amides is 1. The monoisotopic (exact) mass is 286 g/mol. The van der Waals surface area contributed by atoms with E-state index < -0.39 is 0 Å². The van der Waals surface area contributed by atoms with Crippen molar-refractivity contribution in [3.63, 3.8) is 0 Å². The lowest BCUT2D eigenvalue weighted by atomic mass is 10.1. The Morgan fingerprint density at radius 2 is 2.30 bits per heavy atom. The highest BCUT2D eigenvalue weighted by molar-refractivity contribution is 7.21. The van der Waals surface area contributed by atoms with Crippen molar-refractivity contribution < 1.29 is 4.79 Å². The fourth-order valence-electron chi connectivity index (χ4n) is 2.09. The second-order valence-electron chi connectivity index (χ2n) is 4.83. The summed E-state index contributed by atoms with van der Waals surface area (Å²) in [7, 11) is 0. The van der Waals surface area contributed by atoms with E-state index in [1.54, 1.807) is 0 Å². The van der Waals surface area contributed by atoms with Crippen LogP contribution in [-0.4, -0.2) is 11.9 Å². The van der Waals surface area contributed by atoms with Gasteiger partial charge in [0, 0.05) is 22.5 Å². The molecule has 0 aliphatic rings. The highest BCUT2D eigenvalue weighted by atomic mass is 32.1. The minimum atomic E-state index is -0.136. The third-order valence-electron chi connectivity index (χ3n) is 3.28. The van der Waals surface area contributed by atoms with Crippen LogP contribution in [-0.2, 0) is 0 Å². The molecule has 2 rings (SSSR count). The van der Waals surface area contributed by atoms with Gasteiger partial charge in [0.1, 0.15) is 4.88 Å². The van der Waals surface area contributed by atoms with Crippen molar-refractivity contribution >= 4 is 33.0 Å². The van der Waals surface area contributed by atoms with Gasteiger partial charge in [-0.15, -0.1) is 23.7 Å². The van der Waals surface area contributed by atoms with Gasteiger partial charge < -0.3 is 11.1 Å². The molecule has 1 heterocycles. The van der Waals surface area contributed by atoms with Gasteiger partial charge in [-0.25, -0.2) is 0 Å². The van der Waals surface area contributed by atoms with E-state index in [1.807, 2.05) is 32.0 Å². The fraction of sp³-hybridized carbons (Fsp3) is 0.312. The average Bonchev–Trinajstić information content (AvgIpc) is 2.75. The number of nitrogens with two attached hydrogens (primary N) is 1. The van der Waals surface area contributed by atoms with E-state index in [0.717, 1.165) is 22.1 Å². The Morgan fingerprint density at radius 1 is 1.55 bits per heavy atom. The van der Waals surface area contributed by atoms with E-state index in [1.165, 1.54) is 11.3 Å². The molecule has 1 unspecified atom stereocenters. The van der Waals surface area contributed by atoms with Gasteiger partial charge in [0.15, 0.2) is 0 Å². The number of carbonyl (C=O) groups excluding carboxylic acids is 1. The van der Waals surface area contributed by atoms with Crippen LogP contribution in [0, 0.1) is 19.3 Å². The molecule has 1 atom stereocenters. The number of anilines is 1. The molecule has 0 radical (unpaired) electrons. The fourth-order valence-corrected chi connectivity index (χ4v) is 3.10. The zero-order valence-corrected chi connectivity index (χ0v) is 12.5. The summed E-state index contributed by atoms with van der Waals surface area (Å²) >= 11 is 1.42. The second-order valence-corrected chi connectivity index (χ2v) is 5.88. The van der Waals surface area contributed by atoms with Gasteiger partial charge >= 0.3 is 0 Å². The van der Waals surface area contributed by atoms with Crippen molar-refractivity contribution in [2.75, 3.05) is 5.73 Å². The summed E-state index contributed by atoms with van der Waals surface area (Å²) in [6, 6.07) is 6.03. The number of nitrogens with one attached hydrogen (secondary N) is 1. The molecule has 3 nitrogen and oxygen atoms in total. The Balaban J connectivity index is 2.31. The lowest BCUT2D eigenvalue weighted by Crippen LogP contribution is -2.33. The lowest BCUT2D eigenvalue weighted by Gasteiger charge is -2.13. The van der Waals surface area contributed by atoms with Crippen LogP contribution in [0.1, 0.15) is 35.0 Å². The maximum Gasteiger partial charge on any atom is 0.263 e. The number of fused-ring (bicyclic) bond motifs is 1. The van der Waals surface area contributed by atoms with Gasteiger partial charge in [-0.2, -0.15) is 0 Å². The number of nitrogen functional groups attached to an aromatic ring is 1. The smallest absolute Gasteiger partial charge is 0.263 e. The van der Waals surface area contributed by atoms with Crippen LogP contribution >= 0.6 is 11.3 Å². The maximum atomic E-state index is 12.3. The van der Waals surface area contributed by atoms with E-state index in [4.69, 9.17) is 12.2 Å². The maximum absolute atomic E-state index is 12.3. The van der Waals surface area contributed by atoms with Crippen LogP contribution in [0.15, 0.2) is 18.2 Å². The van der Waals surface area contributed by atoms with Crippen molar-refractivity contribution in [3.8, 4) is 12.3 Å². The van der Waals surface area contributed by atoms with Gasteiger partial charge in [-0.05, 0) is 25.5 Å². The molecule has 0 saturated heterocycles. The number of hydrogen-bond donors (Lipinski definition) is 2. The van der Waals surface area contributed by atoms with Gasteiger partial charge in [0.25, 0.3) is 5.91 Å². The largest absolute Gasteiger partial charge is 0.397 e. The lowest BCUT2D eigenvalue weighted by molar-refractivity contribution is 0.0941. The van der Waals surface area contributed by atoms with Crippen LogP contribution in [0.25, 0.3) is 10.1 Å². The van der Waals surface area contributed by atoms with E-state index in [2.05, 4.69) is 11.2 Å². The standard InChI is InChI=1S/C16H18N2OS/c1-4-6-11(5-2)18-16(19)15-14(17)12-9-10(3)7-8-13(12)20-15/h1,7-9,11H,5-6,17H2,2-3H3,(H,18,19). The zero-order chi connectivity index (χ0) is 14.7. The average molecular weight is 286 g/mol. The highest BCUT2D eigenvalue weighted by Crippen LogP contribution is 2.34. The van der Waals surface area contributed by atoms with Crippen LogP contribution in [0.4, 0.5) is 5.69 Å². The molecule has 1 amide bonds. The molecule has 0 fully saturated rings. The number of thiophene rings is 1. The summed E-state index contributed by atoms with van der Waals surface area (Å²) < 4.78 is 1.03. The van der Waals surface area contributed by atoms with Gasteiger partial charge in [-0.3, -0.25) is 4.79 Å². The first-order chi connectivity index (χ1) is 9.56. The number of rotatable bonds is 4. The summed E-state index contributed by atoms with van der Waals surface area (Å²) in [5.41, 5.74) is 7.80. The minimum absolute atomic E-state index is 0.00107. The Morgan fingerprint density at radius 3 is 2.95 bits per heavy atom. The Kier molecular flexibility index (Phi) is 4.31. The van der Waals surface area contributed by atoms with Crippen molar-refractivity contribution in [2.24, 2.45) is 0 Å². The quantitative estimate of drug-likeness (QED) is 0.847. The van der Waals surface area contributed by atoms with Crippen molar-refractivity contribution in [1.29, 1.82) is 0 Å². The third kappa shape index (κ3) is 2.78. The Labute approximate surface area is 123 Å². The van der Waals surface area contributed by atoms with E-state index in [9.17, 15) is 4.79 Å². The summed E-state index contributed by atoms with van der Waals surface area (Å²) in [4.78, 5) is 12.9. The van der Waals surface area contributed by atoms with Gasteiger partial charge in [0.2, 0.25) is 0 Å². The van der Waals surface area contributed by atoms with Gasteiger partial charge in [-0.1, -0.05) is 18.6 Å². The van der Waals surface area contributed by atoms with E-state index in [0.29, 0.717) is 17.0 Å². The molecule has 0 saturated carbocycles. The zero-order valence-electron chi connectivity index (χ0n) is 11.7. The van der Waals surface area contributed by atoms with E-state index in [-0.39, 0.29) is 11.9 Å². The molecule has 0 aliphatic carbocycles. The number of benzene rings is 1. The first-order valence-corrected chi connectivity index (χ1v) is 7.41. The summed E-state index contributed by atoms with van der Waals surface area (Å²) in [6.07, 6.45) is 6.64. The molecule has 20 heavy (non-hydrogen) atoms. The van der Waals surface area contributed by atoms with Gasteiger partial charge in [0.05, 0.1) is 5.69 Å². The molecule has 2 aromatic rings. The molecule has 0 bridgehead atoms. The third-order valence-corrected chi connectivity index (χ3v) is 4.47. The summed E-state index contributed by atoms with van der Waals surface area (Å²) in [5, 5.41) is 3.90. The number of carbonyl (C=O) groups is 1. The Bertz CT molecular complexity index is 682. The first kappa shape index (κ1) is 14.4. The topological polar surface area (TPSA) is 55.1 Å². The van der Waals surface area contributed by atoms with Crippen molar-refractivity contribution in [3.05, 3.63) is 28.6 Å². The van der Waals surface area contributed by atoms with E-state index >= 15 is 0 Å². The predicted octanol–water partition coefficient (Wildman–Crippen LogP) is 3.32. The number of terminal acetylenes is 1. The number of aryl methyl sites for hydroxylation is 1. The molecule has 1 aromatic carbocycles. The SMILES string of the molecule is C#CCC(CC)NC(=O)c1sc2ccc(C)cc2c1N. The first-order valence-electron chi connectivity index (χ1n) is 6.59. The van der Waals surface area contributed by atoms with Crippen LogP contribution in [0.3, 0.4) is 0 Å². The molecule has 104 valence electrons. The molecular formula is C16H18N2OS. The molecule has 0 aliphatic heterocycles. The van der Waals surface area contributed by atoms with Crippen LogP contribution in [0.2, 0.25) is 0 Å². The molecule has 3 N–H and O–H groups in total. The minimum Gasteiger partial charge on any atom is -0.397 e. The normalized spacial score (nSPS) is 12.1. The molecule has 4 heteroatoms. The summed E-state index contributed by atoms with van der Waals surface area (Å²) in [5.74, 6) is 2.45. The van der Waals surface area contributed by atoms with Crippen molar-refractivity contribution in [2.45, 2.75) is 32.7 Å². The molecular weight excluding hydrogens is 268 g/mol.